The highest BCUT2D eigenvalue weighted by molar-refractivity contribution is 5.74. The number of rotatable bonds is 6. The highest BCUT2D eigenvalue weighted by atomic mass is 19.1. The number of halogens is 1. The van der Waals surface area contributed by atoms with Crippen molar-refractivity contribution in [3.8, 4) is 0 Å². The third-order valence-electron chi connectivity index (χ3n) is 3.26. The number of aliphatic hydroxyl groups excluding tert-OH is 1. The van der Waals surface area contributed by atoms with Gasteiger partial charge >= 0.3 is 6.03 Å². The van der Waals surface area contributed by atoms with Gasteiger partial charge in [-0.25, -0.2) is 9.18 Å². The van der Waals surface area contributed by atoms with Gasteiger partial charge in [0.1, 0.15) is 5.82 Å². The quantitative estimate of drug-likeness (QED) is 0.839. The lowest BCUT2D eigenvalue weighted by atomic mass is 9.96. The number of nitrogens with zero attached hydrogens (tertiary/aromatic N) is 1. The summed E-state index contributed by atoms with van der Waals surface area (Å²) < 4.78 is 12.9. The lowest BCUT2D eigenvalue weighted by molar-refractivity contribution is 0.184. The van der Waals surface area contributed by atoms with E-state index in [1.807, 2.05) is 13.8 Å². The first-order valence-corrected chi connectivity index (χ1v) is 6.81. The molecule has 112 valence electrons. The van der Waals surface area contributed by atoms with E-state index in [1.54, 1.807) is 19.2 Å². The van der Waals surface area contributed by atoms with Crippen molar-refractivity contribution in [1.82, 2.24) is 10.2 Å². The Morgan fingerprint density at radius 3 is 2.45 bits per heavy atom. The molecular weight excluding hydrogens is 259 g/mol. The molecular formula is C15H23FN2O2. The monoisotopic (exact) mass is 282 g/mol. The minimum atomic E-state index is -0.262. The van der Waals surface area contributed by atoms with Gasteiger partial charge in [0.25, 0.3) is 0 Å². The zero-order valence-corrected chi connectivity index (χ0v) is 12.3. The van der Waals surface area contributed by atoms with Crippen LogP contribution >= 0.6 is 0 Å². The lowest BCUT2D eigenvalue weighted by Gasteiger charge is -2.26. The van der Waals surface area contributed by atoms with Gasteiger partial charge in [0.15, 0.2) is 0 Å². The largest absolute Gasteiger partial charge is 0.395 e. The van der Waals surface area contributed by atoms with E-state index >= 15 is 0 Å². The Morgan fingerprint density at radius 2 is 1.95 bits per heavy atom. The summed E-state index contributed by atoms with van der Waals surface area (Å²) in [4.78, 5) is 13.4. The van der Waals surface area contributed by atoms with Gasteiger partial charge in [0.2, 0.25) is 0 Å². The zero-order valence-electron chi connectivity index (χ0n) is 12.3. The number of hydrogen-bond donors (Lipinski definition) is 2. The molecule has 4 nitrogen and oxygen atoms in total. The van der Waals surface area contributed by atoms with Crippen molar-refractivity contribution in [3.05, 3.63) is 35.6 Å². The molecule has 1 atom stereocenters. The van der Waals surface area contributed by atoms with Gasteiger partial charge in [-0.2, -0.15) is 0 Å². The van der Waals surface area contributed by atoms with E-state index in [2.05, 4.69) is 5.32 Å². The Labute approximate surface area is 119 Å². The molecule has 1 unspecified atom stereocenters. The number of carbonyl (C=O) groups is 1. The van der Waals surface area contributed by atoms with Crippen molar-refractivity contribution in [2.24, 2.45) is 5.92 Å². The van der Waals surface area contributed by atoms with Gasteiger partial charge in [0.05, 0.1) is 6.61 Å². The van der Waals surface area contributed by atoms with Gasteiger partial charge in [-0.15, -0.1) is 0 Å². The maximum absolute atomic E-state index is 12.9. The molecule has 0 fully saturated rings. The fourth-order valence-electron chi connectivity index (χ4n) is 1.85. The SMILES string of the molecule is CC(C)C(Cc1ccc(F)cc1)NC(=O)N(C)CCO. The van der Waals surface area contributed by atoms with Crippen LogP contribution in [0.4, 0.5) is 9.18 Å². The van der Waals surface area contributed by atoms with Crippen LogP contribution in [0.1, 0.15) is 19.4 Å². The highest BCUT2D eigenvalue weighted by Crippen LogP contribution is 2.11. The van der Waals surface area contributed by atoms with Gasteiger partial charge in [-0.1, -0.05) is 26.0 Å². The number of hydrogen-bond acceptors (Lipinski definition) is 2. The summed E-state index contributed by atoms with van der Waals surface area (Å²) in [5.41, 5.74) is 0.982. The average Bonchev–Trinajstić information content (AvgIpc) is 2.40. The fourth-order valence-corrected chi connectivity index (χ4v) is 1.85. The Kier molecular flexibility index (Phi) is 6.45. The standard InChI is InChI=1S/C15H23FN2O2/c1-11(2)14(17-15(20)18(3)8-9-19)10-12-4-6-13(16)7-5-12/h4-7,11,14,19H,8-10H2,1-3H3,(H,17,20). The predicted molar refractivity (Wildman–Crippen MR) is 77.0 cm³/mol. The minimum Gasteiger partial charge on any atom is -0.395 e. The first-order chi connectivity index (χ1) is 9.43. The number of benzene rings is 1. The minimum absolute atomic E-state index is 0.0332. The summed E-state index contributed by atoms with van der Waals surface area (Å²) in [6, 6.07) is 6.07. The molecule has 0 aliphatic heterocycles. The van der Waals surface area contributed by atoms with Crippen molar-refractivity contribution in [2.45, 2.75) is 26.3 Å². The number of aliphatic hydroxyl groups is 1. The molecule has 2 amide bonds. The Morgan fingerprint density at radius 1 is 1.35 bits per heavy atom. The number of urea groups is 1. The molecule has 2 N–H and O–H groups in total. The first-order valence-electron chi connectivity index (χ1n) is 6.81. The Bertz CT molecular complexity index is 420. The van der Waals surface area contributed by atoms with Crippen LogP contribution in [0.2, 0.25) is 0 Å². The predicted octanol–water partition coefficient (Wildman–Crippen LogP) is 2.03. The van der Waals surface area contributed by atoms with Crippen LogP contribution in [0.3, 0.4) is 0 Å². The van der Waals surface area contributed by atoms with E-state index in [4.69, 9.17) is 5.11 Å². The maximum Gasteiger partial charge on any atom is 0.317 e. The number of amides is 2. The Balaban J connectivity index is 2.65. The second-order valence-electron chi connectivity index (χ2n) is 5.28. The van der Waals surface area contributed by atoms with Gasteiger partial charge in [-0.3, -0.25) is 0 Å². The molecule has 1 rings (SSSR count). The molecule has 0 bridgehead atoms. The number of nitrogens with one attached hydrogen (secondary N) is 1. The molecule has 0 aliphatic rings. The van der Waals surface area contributed by atoms with E-state index in [1.165, 1.54) is 17.0 Å². The van der Waals surface area contributed by atoms with Crippen molar-refractivity contribution < 1.29 is 14.3 Å². The van der Waals surface area contributed by atoms with Crippen LogP contribution in [0, 0.1) is 11.7 Å². The second-order valence-corrected chi connectivity index (χ2v) is 5.28. The van der Waals surface area contributed by atoms with Gasteiger partial charge in [-0.05, 0) is 30.0 Å². The van der Waals surface area contributed by atoms with Gasteiger partial charge < -0.3 is 15.3 Å². The Hall–Kier alpha value is -1.62. The van der Waals surface area contributed by atoms with Crippen LogP contribution in [0.25, 0.3) is 0 Å². The molecule has 1 aromatic rings. The molecule has 0 aromatic heterocycles. The van der Waals surface area contributed by atoms with Crippen molar-refractivity contribution in [2.75, 3.05) is 20.2 Å². The van der Waals surface area contributed by atoms with E-state index in [-0.39, 0.29) is 30.4 Å². The molecule has 1 aromatic carbocycles. The molecule has 0 aliphatic carbocycles. The number of likely N-dealkylation sites (N-methyl/N-ethyl adjacent to an activating group) is 1. The summed E-state index contributed by atoms with van der Waals surface area (Å²) in [6.07, 6.45) is 0.649. The first kappa shape index (κ1) is 16.4. The van der Waals surface area contributed by atoms with Crippen molar-refractivity contribution >= 4 is 6.03 Å². The fraction of sp³-hybridized carbons (Fsp3) is 0.533. The lowest BCUT2D eigenvalue weighted by Crippen LogP contribution is -2.46. The summed E-state index contributed by atoms with van der Waals surface area (Å²) in [7, 11) is 1.64. The van der Waals surface area contributed by atoms with E-state index in [0.717, 1.165) is 5.56 Å². The van der Waals surface area contributed by atoms with Crippen molar-refractivity contribution in [1.29, 1.82) is 0 Å². The molecule has 5 heteroatoms. The second kappa shape index (κ2) is 7.85. The smallest absolute Gasteiger partial charge is 0.317 e. The topological polar surface area (TPSA) is 52.6 Å². The van der Waals surface area contributed by atoms with E-state index in [0.29, 0.717) is 13.0 Å². The van der Waals surface area contributed by atoms with Gasteiger partial charge in [0, 0.05) is 19.6 Å². The van der Waals surface area contributed by atoms with E-state index < -0.39 is 0 Å². The third kappa shape index (κ3) is 5.17. The highest BCUT2D eigenvalue weighted by Gasteiger charge is 2.18. The summed E-state index contributed by atoms with van der Waals surface area (Å²) in [5, 5.41) is 11.8. The summed E-state index contributed by atoms with van der Waals surface area (Å²) in [5.74, 6) is -0.00640. The van der Waals surface area contributed by atoms with Crippen LogP contribution in [-0.4, -0.2) is 42.3 Å². The average molecular weight is 282 g/mol. The van der Waals surface area contributed by atoms with Crippen LogP contribution < -0.4 is 5.32 Å². The number of carbonyl (C=O) groups excluding carboxylic acids is 1. The molecule has 20 heavy (non-hydrogen) atoms. The summed E-state index contributed by atoms with van der Waals surface area (Å²) in [6.45, 7) is 4.29. The summed E-state index contributed by atoms with van der Waals surface area (Å²) >= 11 is 0. The van der Waals surface area contributed by atoms with Crippen LogP contribution in [-0.2, 0) is 6.42 Å². The maximum atomic E-state index is 12.9. The van der Waals surface area contributed by atoms with Crippen LogP contribution in [0.5, 0.6) is 0 Å². The zero-order chi connectivity index (χ0) is 15.1. The van der Waals surface area contributed by atoms with Crippen molar-refractivity contribution in [3.63, 3.8) is 0 Å². The molecule has 0 saturated heterocycles. The molecule has 0 spiro atoms. The molecule has 0 saturated carbocycles. The molecule has 0 heterocycles. The third-order valence-corrected chi connectivity index (χ3v) is 3.26. The van der Waals surface area contributed by atoms with E-state index in [9.17, 15) is 9.18 Å². The molecule has 0 radical (unpaired) electrons. The van der Waals surface area contributed by atoms with Crippen LogP contribution in [0.15, 0.2) is 24.3 Å². The normalized spacial score (nSPS) is 12.3.